The zero-order valence-electron chi connectivity index (χ0n) is 20.0. The lowest BCUT2D eigenvalue weighted by Gasteiger charge is -2.35. The molecule has 0 amide bonds. The van der Waals surface area contributed by atoms with Crippen LogP contribution in [0, 0.1) is 0 Å². The second-order valence-corrected chi connectivity index (χ2v) is 9.19. The Balaban J connectivity index is 1.51. The molecule has 2 aromatic heterocycles. The maximum absolute atomic E-state index is 13.6. The number of hydrogen-bond acceptors (Lipinski definition) is 6. The number of para-hydroxylation sites is 1. The summed E-state index contributed by atoms with van der Waals surface area (Å²) in [5.74, 6) is -2.31. The largest absolute Gasteiger partial charge is 0.457 e. The van der Waals surface area contributed by atoms with Crippen LogP contribution in [0.15, 0.2) is 65.5 Å². The van der Waals surface area contributed by atoms with Crippen molar-refractivity contribution in [1.29, 1.82) is 0 Å². The molecule has 4 heterocycles. The third-order valence-electron chi connectivity index (χ3n) is 7.10. The Morgan fingerprint density at radius 3 is 2.61 bits per heavy atom. The van der Waals surface area contributed by atoms with Gasteiger partial charge in [0, 0.05) is 16.5 Å². The van der Waals surface area contributed by atoms with E-state index < -0.39 is 40.4 Å². The van der Waals surface area contributed by atoms with Crippen LogP contribution in [0.1, 0.15) is 46.0 Å². The average Bonchev–Trinajstić information content (AvgIpc) is 3.26. The number of carbonyl (C=O) groups excluding carboxylic acids is 2. The summed E-state index contributed by atoms with van der Waals surface area (Å²) in [4.78, 5) is 44.6. The number of halogens is 3. The fourth-order valence-corrected chi connectivity index (χ4v) is 5.20. The first-order valence-corrected chi connectivity index (χ1v) is 11.9. The number of ether oxygens (including phenoxy) is 2. The lowest BCUT2D eigenvalue weighted by atomic mass is 9.85. The number of alkyl halides is 3. The molecule has 1 atom stereocenters. The maximum Gasteiger partial charge on any atom is 0.417 e. The number of aromatic nitrogens is 2. The van der Waals surface area contributed by atoms with Gasteiger partial charge >= 0.3 is 18.1 Å². The number of esters is 2. The van der Waals surface area contributed by atoms with Gasteiger partial charge in [-0.3, -0.25) is 4.79 Å². The smallest absolute Gasteiger partial charge is 0.417 e. The van der Waals surface area contributed by atoms with E-state index in [1.165, 1.54) is 17.6 Å². The Bertz CT molecular complexity index is 1730. The molecule has 0 N–H and O–H groups in total. The number of hydrogen-bond donors (Lipinski definition) is 0. The van der Waals surface area contributed by atoms with E-state index in [1.54, 1.807) is 6.07 Å². The van der Waals surface area contributed by atoms with Gasteiger partial charge in [-0.1, -0.05) is 37.3 Å². The molecule has 4 aromatic rings. The zero-order valence-corrected chi connectivity index (χ0v) is 20.0. The molecule has 0 aliphatic carbocycles. The molecular formula is C28H19F3N2O5. The van der Waals surface area contributed by atoms with Gasteiger partial charge in [0.15, 0.2) is 0 Å². The Hall–Kier alpha value is -4.47. The van der Waals surface area contributed by atoms with Crippen LogP contribution < -0.4 is 5.56 Å². The quantitative estimate of drug-likeness (QED) is 0.313. The highest BCUT2D eigenvalue weighted by molar-refractivity contribution is 5.95. The van der Waals surface area contributed by atoms with Crippen molar-refractivity contribution in [2.24, 2.45) is 0 Å². The third-order valence-corrected chi connectivity index (χ3v) is 7.10. The number of fused-ring (bicyclic) bond motifs is 5. The van der Waals surface area contributed by atoms with Crippen LogP contribution >= 0.6 is 0 Å². The number of carbonyl (C=O) groups is 2. The van der Waals surface area contributed by atoms with Crippen molar-refractivity contribution in [3.63, 3.8) is 0 Å². The Morgan fingerprint density at radius 2 is 1.84 bits per heavy atom. The minimum atomic E-state index is -4.82. The van der Waals surface area contributed by atoms with E-state index in [1.807, 2.05) is 30.3 Å². The maximum atomic E-state index is 13.6. The monoisotopic (exact) mass is 520 g/mol. The minimum absolute atomic E-state index is 0.0909. The SMILES string of the molecule is CC[C@@]1(OC(=O)c2ccccc2C(F)(F)F)C(=O)OCc2c1cc1n(c2=O)Cc2cc3ccccc3nc2-1. The summed E-state index contributed by atoms with van der Waals surface area (Å²) < 4.78 is 53.1. The Morgan fingerprint density at radius 1 is 1.11 bits per heavy atom. The van der Waals surface area contributed by atoms with Crippen LogP contribution in [0.25, 0.3) is 22.3 Å². The molecule has 0 radical (unpaired) electrons. The highest BCUT2D eigenvalue weighted by Crippen LogP contribution is 2.42. The molecule has 2 aliphatic heterocycles. The van der Waals surface area contributed by atoms with Crippen molar-refractivity contribution in [3.05, 3.63) is 98.8 Å². The lowest BCUT2D eigenvalue weighted by molar-refractivity contribution is -0.173. The number of rotatable bonds is 3. The minimum Gasteiger partial charge on any atom is -0.457 e. The van der Waals surface area contributed by atoms with E-state index in [0.29, 0.717) is 16.9 Å². The van der Waals surface area contributed by atoms with Gasteiger partial charge in [0.25, 0.3) is 5.56 Å². The summed E-state index contributed by atoms with van der Waals surface area (Å²) in [5, 5.41) is 0.899. The predicted molar refractivity (Wildman–Crippen MR) is 129 cm³/mol. The van der Waals surface area contributed by atoms with Gasteiger partial charge in [0.05, 0.1) is 40.1 Å². The topological polar surface area (TPSA) is 87.5 Å². The van der Waals surface area contributed by atoms with E-state index in [4.69, 9.17) is 14.5 Å². The van der Waals surface area contributed by atoms with Gasteiger partial charge < -0.3 is 14.0 Å². The standard InChI is InChI=1S/C28H19F3N2O5/c1-2-27(38-25(35)17-8-4-5-9-19(17)28(29,30)31)20-12-22-23-16(11-15-7-3-6-10-21(15)32-23)13-33(22)24(34)18(20)14-37-26(27)36/h3-12H,2,13-14H2,1H3/t27-/m0/s1. The van der Waals surface area contributed by atoms with E-state index in [9.17, 15) is 27.6 Å². The first kappa shape index (κ1) is 23.9. The van der Waals surface area contributed by atoms with E-state index in [0.717, 1.165) is 29.1 Å². The van der Waals surface area contributed by atoms with Crippen molar-refractivity contribution in [2.45, 2.75) is 38.3 Å². The number of nitrogens with zero attached hydrogens (tertiary/aromatic N) is 2. The highest BCUT2D eigenvalue weighted by atomic mass is 19.4. The number of benzene rings is 2. The van der Waals surface area contributed by atoms with Gasteiger partial charge in [-0.05, 0) is 36.8 Å². The van der Waals surface area contributed by atoms with Gasteiger partial charge in [0.2, 0.25) is 5.60 Å². The summed E-state index contributed by atoms with van der Waals surface area (Å²) in [6.45, 7) is 1.43. The number of cyclic esters (lactones) is 1. The number of pyridine rings is 2. The Labute approximate surface area is 213 Å². The molecule has 0 unspecified atom stereocenters. The first-order chi connectivity index (χ1) is 18.1. The predicted octanol–water partition coefficient (Wildman–Crippen LogP) is 4.96. The van der Waals surface area contributed by atoms with Crippen molar-refractivity contribution in [1.82, 2.24) is 9.55 Å². The second kappa shape index (κ2) is 8.27. The summed E-state index contributed by atoms with van der Waals surface area (Å²) in [6, 6.07) is 15.1. The summed E-state index contributed by atoms with van der Waals surface area (Å²) in [5.41, 5.74) is -1.83. The fraction of sp³-hybridized carbons (Fsp3) is 0.214. The van der Waals surface area contributed by atoms with E-state index in [2.05, 4.69) is 0 Å². The van der Waals surface area contributed by atoms with Crippen molar-refractivity contribution >= 4 is 22.8 Å². The van der Waals surface area contributed by atoms with E-state index >= 15 is 0 Å². The van der Waals surface area contributed by atoms with Crippen LogP contribution in [0.5, 0.6) is 0 Å². The van der Waals surface area contributed by atoms with Crippen LogP contribution in [0.4, 0.5) is 13.2 Å². The Kier molecular flexibility index (Phi) is 5.20. The molecule has 2 aromatic carbocycles. The summed E-state index contributed by atoms with van der Waals surface area (Å²) >= 11 is 0. The highest BCUT2D eigenvalue weighted by Gasteiger charge is 2.51. The molecule has 2 aliphatic rings. The molecule has 7 nitrogen and oxygen atoms in total. The third kappa shape index (κ3) is 3.43. The molecule has 0 saturated carbocycles. The fourth-order valence-electron chi connectivity index (χ4n) is 5.20. The van der Waals surface area contributed by atoms with Crippen LogP contribution in [0.3, 0.4) is 0 Å². The molecule has 0 saturated heterocycles. The van der Waals surface area contributed by atoms with Crippen molar-refractivity contribution < 1.29 is 32.2 Å². The zero-order chi connectivity index (χ0) is 26.8. The summed E-state index contributed by atoms with van der Waals surface area (Å²) in [6.07, 6.45) is -4.99. The molecule has 0 fully saturated rings. The van der Waals surface area contributed by atoms with E-state index in [-0.39, 0.29) is 30.7 Å². The molecule has 38 heavy (non-hydrogen) atoms. The van der Waals surface area contributed by atoms with Gasteiger partial charge in [-0.15, -0.1) is 0 Å². The molecule has 192 valence electrons. The van der Waals surface area contributed by atoms with Gasteiger partial charge in [-0.25, -0.2) is 14.6 Å². The van der Waals surface area contributed by atoms with Crippen molar-refractivity contribution in [2.75, 3.05) is 0 Å². The second-order valence-electron chi connectivity index (χ2n) is 9.19. The molecule has 6 rings (SSSR count). The average molecular weight is 520 g/mol. The van der Waals surface area contributed by atoms with Gasteiger partial charge in [-0.2, -0.15) is 13.2 Å². The first-order valence-electron chi connectivity index (χ1n) is 11.9. The normalized spacial score (nSPS) is 17.9. The molecule has 10 heteroatoms. The summed E-state index contributed by atoms with van der Waals surface area (Å²) in [7, 11) is 0. The molecule has 0 spiro atoms. The van der Waals surface area contributed by atoms with Gasteiger partial charge in [0.1, 0.15) is 6.61 Å². The lowest BCUT2D eigenvalue weighted by Crippen LogP contribution is -2.47. The molecule has 0 bridgehead atoms. The molecular weight excluding hydrogens is 501 g/mol. The van der Waals surface area contributed by atoms with Crippen LogP contribution in [-0.4, -0.2) is 21.5 Å². The van der Waals surface area contributed by atoms with Crippen LogP contribution in [0.2, 0.25) is 0 Å². The van der Waals surface area contributed by atoms with Crippen LogP contribution in [-0.2, 0) is 39.2 Å². The van der Waals surface area contributed by atoms with Crippen molar-refractivity contribution in [3.8, 4) is 11.4 Å².